The lowest BCUT2D eigenvalue weighted by atomic mass is 10.1. The summed E-state index contributed by atoms with van der Waals surface area (Å²) in [6.07, 6.45) is 3.56. The molecule has 0 bridgehead atoms. The van der Waals surface area contributed by atoms with Crippen LogP contribution in [0, 0.1) is 0 Å². The third-order valence-electron chi connectivity index (χ3n) is 2.68. The summed E-state index contributed by atoms with van der Waals surface area (Å²) in [6, 6.07) is 14.5. The van der Waals surface area contributed by atoms with E-state index in [0.29, 0.717) is 5.95 Å². The molecule has 0 amide bonds. The van der Waals surface area contributed by atoms with Crippen LogP contribution >= 0.6 is 0 Å². The minimum Gasteiger partial charge on any atom is -0.369 e. The summed E-state index contributed by atoms with van der Waals surface area (Å²) in [5, 5.41) is 2.43. The topological polar surface area (TPSA) is 43.8 Å². The van der Waals surface area contributed by atoms with Crippen molar-refractivity contribution in [1.82, 2.24) is 9.55 Å². The fourth-order valence-corrected chi connectivity index (χ4v) is 1.86. The number of anilines is 1. The van der Waals surface area contributed by atoms with Crippen LogP contribution in [0.5, 0.6) is 0 Å². The lowest BCUT2D eigenvalue weighted by Crippen LogP contribution is -1.99. The SMILES string of the molecule is Nc1nccn1-c1ccc2ccccc2c1. The number of rotatable bonds is 1. The van der Waals surface area contributed by atoms with Crippen molar-refractivity contribution >= 4 is 16.7 Å². The number of nitrogens with zero attached hydrogens (tertiary/aromatic N) is 2. The van der Waals surface area contributed by atoms with Gasteiger partial charge in [0.2, 0.25) is 5.95 Å². The van der Waals surface area contributed by atoms with E-state index in [0.717, 1.165) is 5.69 Å². The van der Waals surface area contributed by atoms with Gasteiger partial charge >= 0.3 is 0 Å². The number of benzene rings is 2. The van der Waals surface area contributed by atoms with Crippen molar-refractivity contribution in [2.75, 3.05) is 5.73 Å². The molecule has 0 atom stereocenters. The van der Waals surface area contributed by atoms with Crippen molar-refractivity contribution in [2.45, 2.75) is 0 Å². The van der Waals surface area contributed by atoms with E-state index in [9.17, 15) is 0 Å². The first-order valence-electron chi connectivity index (χ1n) is 5.12. The van der Waals surface area contributed by atoms with Gasteiger partial charge in [-0.2, -0.15) is 0 Å². The molecule has 0 unspecified atom stereocenters. The molecule has 3 aromatic rings. The number of hydrogen-bond donors (Lipinski definition) is 1. The van der Waals surface area contributed by atoms with Crippen molar-refractivity contribution in [3.63, 3.8) is 0 Å². The molecule has 1 aromatic heterocycles. The number of imidazole rings is 1. The fraction of sp³-hybridized carbons (Fsp3) is 0. The highest BCUT2D eigenvalue weighted by Gasteiger charge is 2.01. The second kappa shape index (κ2) is 3.38. The average Bonchev–Trinajstić information content (AvgIpc) is 2.75. The van der Waals surface area contributed by atoms with Crippen LogP contribution in [0.3, 0.4) is 0 Å². The minimum absolute atomic E-state index is 0.510. The van der Waals surface area contributed by atoms with E-state index in [-0.39, 0.29) is 0 Å². The lowest BCUT2D eigenvalue weighted by molar-refractivity contribution is 1.08. The van der Waals surface area contributed by atoms with E-state index in [4.69, 9.17) is 5.73 Å². The zero-order chi connectivity index (χ0) is 11.0. The fourth-order valence-electron chi connectivity index (χ4n) is 1.86. The van der Waals surface area contributed by atoms with Gasteiger partial charge in [0, 0.05) is 18.1 Å². The molecule has 0 saturated heterocycles. The Morgan fingerprint density at radius 3 is 2.56 bits per heavy atom. The van der Waals surface area contributed by atoms with Gasteiger partial charge in [-0.1, -0.05) is 30.3 Å². The van der Waals surface area contributed by atoms with Crippen molar-refractivity contribution < 1.29 is 0 Å². The van der Waals surface area contributed by atoms with E-state index >= 15 is 0 Å². The summed E-state index contributed by atoms with van der Waals surface area (Å²) in [5.74, 6) is 0.510. The number of aromatic nitrogens is 2. The molecule has 0 aliphatic rings. The molecule has 0 fully saturated rings. The molecular weight excluding hydrogens is 198 g/mol. The first-order chi connectivity index (χ1) is 7.84. The van der Waals surface area contributed by atoms with Crippen molar-refractivity contribution in [1.29, 1.82) is 0 Å². The van der Waals surface area contributed by atoms with E-state index < -0.39 is 0 Å². The van der Waals surface area contributed by atoms with Gasteiger partial charge in [-0.25, -0.2) is 4.98 Å². The van der Waals surface area contributed by atoms with Crippen molar-refractivity contribution in [3.8, 4) is 5.69 Å². The first-order valence-corrected chi connectivity index (χ1v) is 5.12. The maximum Gasteiger partial charge on any atom is 0.204 e. The first kappa shape index (κ1) is 8.97. The van der Waals surface area contributed by atoms with E-state index in [1.54, 1.807) is 6.20 Å². The van der Waals surface area contributed by atoms with Crippen molar-refractivity contribution in [2.24, 2.45) is 0 Å². The molecule has 0 spiro atoms. The molecule has 1 heterocycles. The molecule has 2 N–H and O–H groups in total. The minimum atomic E-state index is 0.510. The largest absolute Gasteiger partial charge is 0.369 e. The lowest BCUT2D eigenvalue weighted by Gasteiger charge is -2.05. The van der Waals surface area contributed by atoms with Gasteiger partial charge in [0.05, 0.1) is 0 Å². The number of nitrogen functional groups attached to an aromatic ring is 1. The van der Waals surface area contributed by atoms with Crippen molar-refractivity contribution in [3.05, 3.63) is 54.9 Å². The third-order valence-corrected chi connectivity index (χ3v) is 2.68. The number of fused-ring (bicyclic) bond motifs is 1. The highest BCUT2D eigenvalue weighted by Crippen LogP contribution is 2.19. The molecule has 0 radical (unpaired) electrons. The second-order valence-corrected chi connectivity index (χ2v) is 3.69. The van der Waals surface area contributed by atoms with Crippen LogP contribution in [-0.2, 0) is 0 Å². The zero-order valence-electron chi connectivity index (χ0n) is 8.67. The van der Waals surface area contributed by atoms with Gasteiger partial charge < -0.3 is 5.73 Å². The summed E-state index contributed by atoms with van der Waals surface area (Å²) in [4.78, 5) is 4.01. The van der Waals surface area contributed by atoms with Gasteiger partial charge in [-0.3, -0.25) is 4.57 Å². The van der Waals surface area contributed by atoms with E-state index in [2.05, 4.69) is 29.2 Å². The molecular formula is C13H11N3. The van der Waals surface area contributed by atoms with Crippen LogP contribution in [0.25, 0.3) is 16.5 Å². The summed E-state index contributed by atoms with van der Waals surface area (Å²) >= 11 is 0. The molecule has 0 aliphatic carbocycles. The standard InChI is InChI=1S/C13H11N3/c14-13-15-7-8-16(13)12-6-5-10-3-1-2-4-11(10)9-12/h1-9H,(H2,14,15). The average molecular weight is 209 g/mol. The van der Waals surface area contributed by atoms with Crippen LogP contribution in [0.15, 0.2) is 54.9 Å². The van der Waals surface area contributed by atoms with Gasteiger partial charge in [-0.15, -0.1) is 0 Å². The molecule has 16 heavy (non-hydrogen) atoms. The van der Waals surface area contributed by atoms with Gasteiger partial charge in [0.1, 0.15) is 0 Å². The summed E-state index contributed by atoms with van der Waals surface area (Å²) < 4.78 is 1.87. The van der Waals surface area contributed by atoms with Crippen LogP contribution in [-0.4, -0.2) is 9.55 Å². The molecule has 2 aromatic carbocycles. The number of hydrogen-bond acceptors (Lipinski definition) is 2. The third kappa shape index (κ3) is 1.34. The molecule has 0 saturated carbocycles. The maximum absolute atomic E-state index is 5.77. The summed E-state index contributed by atoms with van der Waals surface area (Å²) in [7, 11) is 0. The Morgan fingerprint density at radius 1 is 1.00 bits per heavy atom. The smallest absolute Gasteiger partial charge is 0.204 e. The highest BCUT2D eigenvalue weighted by atomic mass is 15.1. The molecule has 3 nitrogen and oxygen atoms in total. The van der Waals surface area contributed by atoms with Gasteiger partial charge in [0.25, 0.3) is 0 Å². The Hall–Kier alpha value is -2.29. The predicted octanol–water partition coefficient (Wildman–Crippen LogP) is 2.61. The second-order valence-electron chi connectivity index (χ2n) is 3.69. The number of nitrogens with two attached hydrogens (primary N) is 1. The molecule has 0 aliphatic heterocycles. The Bertz CT molecular complexity index is 640. The maximum atomic E-state index is 5.77. The summed E-state index contributed by atoms with van der Waals surface area (Å²) in [6.45, 7) is 0. The Morgan fingerprint density at radius 2 is 1.81 bits per heavy atom. The monoisotopic (exact) mass is 209 g/mol. The molecule has 3 rings (SSSR count). The molecule has 78 valence electrons. The Labute approximate surface area is 93.1 Å². The van der Waals surface area contributed by atoms with E-state index in [1.165, 1.54) is 10.8 Å². The zero-order valence-corrected chi connectivity index (χ0v) is 8.67. The summed E-state index contributed by atoms with van der Waals surface area (Å²) in [5.41, 5.74) is 6.80. The molecule has 3 heteroatoms. The van der Waals surface area contributed by atoms with Crippen LogP contribution in [0.1, 0.15) is 0 Å². The Kier molecular flexibility index (Phi) is 1.90. The van der Waals surface area contributed by atoms with Crippen LogP contribution in [0.4, 0.5) is 5.95 Å². The highest BCUT2D eigenvalue weighted by molar-refractivity contribution is 5.84. The van der Waals surface area contributed by atoms with Gasteiger partial charge in [-0.05, 0) is 22.9 Å². The van der Waals surface area contributed by atoms with E-state index in [1.807, 2.05) is 29.0 Å². The quantitative estimate of drug-likeness (QED) is 0.669. The normalized spacial score (nSPS) is 10.8. The predicted molar refractivity (Wildman–Crippen MR) is 65.5 cm³/mol. The Balaban J connectivity index is 2.23. The van der Waals surface area contributed by atoms with Gasteiger partial charge in [0.15, 0.2) is 0 Å². The van der Waals surface area contributed by atoms with Crippen LogP contribution < -0.4 is 5.73 Å². The van der Waals surface area contributed by atoms with Crippen LogP contribution in [0.2, 0.25) is 0 Å².